The van der Waals surface area contributed by atoms with E-state index in [1.54, 1.807) is 0 Å². The molecule has 0 saturated heterocycles. The van der Waals surface area contributed by atoms with E-state index in [-0.39, 0.29) is 4.65 Å². The van der Waals surface area contributed by atoms with E-state index in [1.165, 1.54) is 0 Å². The van der Waals surface area contributed by atoms with Crippen molar-refractivity contribution in [2.75, 3.05) is 26.2 Å². The summed E-state index contributed by atoms with van der Waals surface area (Å²) in [6.45, 7) is 4.93. The molecular formula is C30H42F3N2O2+. The highest BCUT2D eigenvalue weighted by atomic mass is 19.4. The van der Waals surface area contributed by atoms with Crippen molar-refractivity contribution in [3.63, 3.8) is 0 Å². The summed E-state index contributed by atoms with van der Waals surface area (Å²) >= 11 is 0. The van der Waals surface area contributed by atoms with Crippen LogP contribution in [-0.2, 0) is 10.2 Å². The molecule has 204 valence electrons. The van der Waals surface area contributed by atoms with Crippen LogP contribution in [0.25, 0.3) is 11.1 Å². The third kappa shape index (κ3) is 7.14. The molecule has 7 heteroatoms. The Morgan fingerprint density at radius 1 is 0.811 bits per heavy atom. The van der Waals surface area contributed by atoms with E-state index in [9.17, 15) is 23.2 Å². The summed E-state index contributed by atoms with van der Waals surface area (Å²) in [5.74, 6) is -0.613. The highest BCUT2D eigenvalue weighted by molar-refractivity contribution is 6.00. The van der Waals surface area contributed by atoms with Crippen LogP contribution in [0.4, 0.5) is 13.2 Å². The number of benzene rings is 2. The van der Waals surface area contributed by atoms with Gasteiger partial charge in [0.1, 0.15) is 31.6 Å². The summed E-state index contributed by atoms with van der Waals surface area (Å²) < 4.78 is 39.2. The third-order valence-electron chi connectivity index (χ3n) is 7.63. The molecule has 2 aromatic carbocycles. The predicted molar refractivity (Wildman–Crippen MR) is 141 cm³/mol. The van der Waals surface area contributed by atoms with Crippen LogP contribution in [0.3, 0.4) is 0 Å². The predicted octanol–water partition coefficient (Wildman–Crippen LogP) is 7.39. The first kappa shape index (κ1) is 29.2. The van der Waals surface area contributed by atoms with E-state index in [0.717, 1.165) is 60.8 Å². The number of rotatable bonds is 15. The first-order chi connectivity index (χ1) is 17.7. The van der Waals surface area contributed by atoms with Crippen LogP contribution in [0.15, 0.2) is 48.5 Å². The van der Waals surface area contributed by atoms with E-state index in [1.807, 2.05) is 48.5 Å². The molecule has 4 nitrogen and oxygen atoms in total. The van der Waals surface area contributed by atoms with Gasteiger partial charge in [0.25, 0.3) is 0 Å². The molecule has 0 aliphatic heterocycles. The number of nitrogens with one attached hydrogen (secondary N) is 1. The second kappa shape index (κ2) is 12.9. The second-order valence-corrected chi connectivity index (χ2v) is 10.4. The monoisotopic (exact) mass is 519 g/mol. The zero-order valence-electron chi connectivity index (χ0n) is 22.2. The van der Waals surface area contributed by atoms with E-state index < -0.39 is 24.0 Å². The van der Waals surface area contributed by atoms with Crippen LogP contribution >= 0.6 is 0 Å². The quantitative estimate of drug-likeness (QED) is 0.146. The van der Waals surface area contributed by atoms with Crippen molar-refractivity contribution < 1.29 is 27.8 Å². The summed E-state index contributed by atoms with van der Waals surface area (Å²) in [5, 5.41) is 13.5. The maximum atomic E-state index is 13.6. The van der Waals surface area contributed by atoms with Gasteiger partial charge in [0, 0.05) is 0 Å². The Hall–Kier alpha value is -2.38. The number of carbonyl (C=O) groups excluding carboxylic acids is 1. The number of fused-ring (bicyclic) bond motifs is 3. The van der Waals surface area contributed by atoms with Gasteiger partial charge >= 0.3 is 6.18 Å². The third-order valence-corrected chi connectivity index (χ3v) is 7.63. The zero-order chi connectivity index (χ0) is 26.9. The number of nitrogens with zero attached hydrogens (tertiary/aromatic N) is 1. The Bertz CT molecular complexity index is 966. The smallest absolute Gasteiger partial charge is 0.346 e. The summed E-state index contributed by atoms with van der Waals surface area (Å²) in [6.07, 6.45) is 3.44. The number of hydrogen-bond acceptors (Lipinski definition) is 2. The summed E-state index contributed by atoms with van der Waals surface area (Å²) in [7, 11) is 0. The molecule has 2 N–H and O–H groups in total. The van der Waals surface area contributed by atoms with Crippen molar-refractivity contribution in [1.82, 2.24) is 5.32 Å². The molecule has 0 radical (unpaired) electrons. The van der Waals surface area contributed by atoms with E-state index in [2.05, 4.69) is 19.2 Å². The fraction of sp³-hybridized carbons (Fsp3) is 0.567. The number of hydroxylamine groups is 3. The SMILES string of the molecule is CCCCC[N+](O)(CCCCC)CCCCC1(C(=O)NCC(F)(F)F)c2ccccc2-c2ccccc21. The molecule has 37 heavy (non-hydrogen) atoms. The van der Waals surface area contributed by atoms with Gasteiger partial charge in [-0.1, -0.05) is 75.2 Å². The summed E-state index contributed by atoms with van der Waals surface area (Å²) in [4.78, 5) is 13.6. The summed E-state index contributed by atoms with van der Waals surface area (Å²) in [6, 6.07) is 15.1. The van der Waals surface area contributed by atoms with Crippen LogP contribution in [0.1, 0.15) is 82.8 Å². The van der Waals surface area contributed by atoms with Crippen molar-refractivity contribution in [3.8, 4) is 11.1 Å². The molecular weight excluding hydrogens is 477 g/mol. The summed E-state index contributed by atoms with van der Waals surface area (Å²) in [5.41, 5.74) is 2.12. The van der Waals surface area contributed by atoms with Crippen LogP contribution in [0, 0.1) is 0 Å². The minimum Gasteiger partial charge on any atom is -0.346 e. The lowest BCUT2D eigenvalue weighted by Gasteiger charge is -2.33. The topological polar surface area (TPSA) is 49.3 Å². The van der Waals surface area contributed by atoms with Crippen LogP contribution < -0.4 is 5.32 Å². The van der Waals surface area contributed by atoms with Gasteiger partial charge in [0.15, 0.2) is 0 Å². The van der Waals surface area contributed by atoms with Gasteiger partial charge < -0.3 is 5.32 Å². The van der Waals surface area contributed by atoms with E-state index in [4.69, 9.17) is 0 Å². The minimum absolute atomic E-state index is 0.0282. The standard InChI is InChI=1S/C30H41F3N2O2/c1-3-5-12-20-35(37,21-13-6-4-2)22-14-11-19-29(28(36)34-23-30(31,32)33)26-17-9-7-15-24(26)25-16-8-10-18-27(25)29/h7-10,15-18,37H,3-6,11-14,19-23H2,1-2H3/p+1. The number of unbranched alkanes of at least 4 members (excludes halogenated alkanes) is 5. The lowest BCUT2D eigenvalue weighted by atomic mass is 9.73. The Balaban J connectivity index is 1.83. The van der Waals surface area contributed by atoms with Crippen molar-refractivity contribution in [2.45, 2.75) is 83.2 Å². The molecule has 0 fully saturated rings. The maximum absolute atomic E-state index is 13.6. The highest BCUT2D eigenvalue weighted by Gasteiger charge is 2.49. The fourth-order valence-corrected chi connectivity index (χ4v) is 5.73. The number of carbonyl (C=O) groups is 1. The average molecular weight is 520 g/mol. The van der Waals surface area contributed by atoms with Gasteiger partial charge in [-0.05, 0) is 67.2 Å². The number of amides is 1. The molecule has 0 aromatic heterocycles. The van der Waals surface area contributed by atoms with Crippen molar-refractivity contribution in [2.24, 2.45) is 0 Å². The Morgan fingerprint density at radius 3 is 1.73 bits per heavy atom. The number of quaternary nitrogens is 1. The van der Waals surface area contributed by atoms with Crippen molar-refractivity contribution in [3.05, 3.63) is 59.7 Å². The Kier molecular flexibility index (Phi) is 10.2. The maximum Gasteiger partial charge on any atom is 0.405 e. The number of alkyl halides is 3. The molecule has 0 atom stereocenters. The van der Waals surface area contributed by atoms with Gasteiger partial charge in [-0.15, -0.1) is 0 Å². The van der Waals surface area contributed by atoms with Crippen molar-refractivity contribution in [1.29, 1.82) is 0 Å². The van der Waals surface area contributed by atoms with Gasteiger partial charge in [0.05, 0.1) is 0 Å². The number of hydrogen-bond donors (Lipinski definition) is 2. The van der Waals surface area contributed by atoms with Gasteiger partial charge in [-0.3, -0.25) is 4.79 Å². The number of halogens is 3. The van der Waals surface area contributed by atoms with Crippen LogP contribution in [-0.4, -0.2) is 48.1 Å². The Morgan fingerprint density at radius 2 is 1.27 bits per heavy atom. The van der Waals surface area contributed by atoms with E-state index >= 15 is 0 Å². The zero-order valence-corrected chi connectivity index (χ0v) is 22.2. The first-order valence-electron chi connectivity index (χ1n) is 13.8. The highest BCUT2D eigenvalue weighted by Crippen LogP contribution is 2.51. The molecule has 1 aliphatic carbocycles. The Labute approximate surface area is 219 Å². The molecule has 3 rings (SSSR count). The molecule has 0 bridgehead atoms. The molecule has 1 amide bonds. The molecule has 2 aromatic rings. The molecule has 0 heterocycles. The molecule has 1 aliphatic rings. The van der Waals surface area contributed by atoms with Gasteiger partial charge in [-0.2, -0.15) is 17.8 Å². The van der Waals surface area contributed by atoms with Gasteiger partial charge in [0.2, 0.25) is 5.91 Å². The first-order valence-corrected chi connectivity index (χ1v) is 13.8. The lowest BCUT2D eigenvalue weighted by Crippen LogP contribution is -2.48. The van der Waals surface area contributed by atoms with E-state index in [0.29, 0.717) is 38.9 Å². The molecule has 0 unspecified atom stereocenters. The average Bonchev–Trinajstić information content (AvgIpc) is 3.16. The van der Waals surface area contributed by atoms with Crippen LogP contribution in [0.2, 0.25) is 0 Å². The molecule has 0 spiro atoms. The molecule has 0 saturated carbocycles. The van der Waals surface area contributed by atoms with Gasteiger partial charge in [-0.25, -0.2) is 5.21 Å². The lowest BCUT2D eigenvalue weighted by molar-refractivity contribution is -1.10. The second-order valence-electron chi connectivity index (χ2n) is 10.4. The minimum atomic E-state index is -4.49. The fourth-order valence-electron chi connectivity index (χ4n) is 5.73. The van der Waals surface area contributed by atoms with Crippen LogP contribution in [0.5, 0.6) is 0 Å². The normalized spacial score (nSPS) is 14.3. The largest absolute Gasteiger partial charge is 0.405 e. The van der Waals surface area contributed by atoms with Crippen molar-refractivity contribution >= 4 is 5.91 Å².